The summed E-state index contributed by atoms with van der Waals surface area (Å²) in [7, 11) is 0. The van der Waals surface area contributed by atoms with Crippen LogP contribution in [0.5, 0.6) is 0 Å². The van der Waals surface area contributed by atoms with Crippen LogP contribution >= 0.6 is 12.4 Å². The number of nitrogens with one attached hydrogen (secondary N) is 2. The minimum Gasteiger partial charge on any atom is -0.368 e. The molecule has 2 aliphatic rings. The Bertz CT molecular complexity index is 753. The van der Waals surface area contributed by atoms with Crippen LogP contribution in [-0.2, 0) is 6.54 Å². The Balaban J connectivity index is 0.00000210. The van der Waals surface area contributed by atoms with Gasteiger partial charge in [0.25, 0.3) is 0 Å². The van der Waals surface area contributed by atoms with Crippen LogP contribution in [-0.4, -0.2) is 24.5 Å². The van der Waals surface area contributed by atoms with Crippen molar-refractivity contribution < 1.29 is 4.39 Å². The van der Waals surface area contributed by atoms with Crippen molar-refractivity contribution in [3.05, 3.63) is 71.5 Å². The molecule has 5 heteroatoms. The van der Waals surface area contributed by atoms with Gasteiger partial charge in [-0.15, -0.1) is 12.4 Å². The van der Waals surface area contributed by atoms with Gasteiger partial charge in [0.15, 0.2) is 0 Å². The van der Waals surface area contributed by atoms with Crippen molar-refractivity contribution in [2.45, 2.75) is 43.7 Å². The summed E-state index contributed by atoms with van der Waals surface area (Å²) in [6.45, 7) is 2.44. The maximum absolute atomic E-state index is 13.1. The molecule has 4 rings (SSSR count). The lowest BCUT2D eigenvalue weighted by molar-refractivity contribution is 0.276. The summed E-state index contributed by atoms with van der Waals surface area (Å²) in [5.41, 5.74) is 2.51. The van der Waals surface area contributed by atoms with E-state index >= 15 is 0 Å². The van der Waals surface area contributed by atoms with Gasteiger partial charge in [0.05, 0.1) is 12.1 Å². The normalized spacial score (nSPS) is 24.8. The van der Waals surface area contributed by atoms with E-state index in [4.69, 9.17) is 4.99 Å². The summed E-state index contributed by atoms with van der Waals surface area (Å²) in [5, 5.41) is 7.29. The van der Waals surface area contributed by atoms with Crippen molar-refractivity contribution in [2.24, 2.45) is 4.99 Å². The van der Waals surface area contributed by atoms with Crippen molar-refractivity contribution in [1.29, 1.82) is 0 Å². The zero-order valence-electron chi connectivity index (χ0n) is 15.5. The first-order valence-corrected chi connectivity index (χ1v) is 9.58. The number of hydrogen-bond donors (Lipinski definition) is 2. The highest BCUT2D eigenvalue weighted by molar-refractivity contribution is 5.92. The Morgan fingerprint density at radius 2 is 1.74 bits per heavy atom. The molecule has 1 aliphatic carbocycles. The first-order valence-electron chi connectivity index (χ1n) is 9.58. The molecule has 1 spiro atoms. The lowest BCUT2D eigenvalue weighted by atomic mass is 9.73. The van der Waals surface area contributed by atoms with Crippen LogP contribution < -0.4 is 10.6 Å². The van der Waals surface area contributed by atoms with Crippen LogP contribution in [0.15, 0.2) is 59.6 Å². The Morgan fingerprint density at radius 3 is 2.44 bits per heavy atom. The third-order valence-electron chi connectivity index (χ3n) is 5.78. The molecule has 0 radical (unpaired) electrons. The predicted octanol–water partition coefficient (Wildman–Crippen LogP) is 4.44. The number of benzene rings is 2. The van der Waals surface area contributed by atoms with E-state index < -0.39 is 0 Å². The zero-order chi connectivity index (χ0) is 17.8. The van der Waals surface area contributed by atoms with E-state index in [1.807, 2.05) is 12.1 Å². The first-order chi connectivity index (χ1) is 12.8. The van der Waals surface area contributed by atoms with E-state index in [-0.39, 0.29) is 23.8 Å². The second kappa shape index (κ2) is 8.85. The van der Waals surface area contributed by atoms with Crippen molar-refractivity contribution in [3.63, 3.8) is 0 Å². The quantitative estimate of drug-likeness (QED) is 0.817. The highest BCUT2D eigenvalue weighted by atomic mass is 35.5. The van der Waals surface area contributed by atoms with Crippen LogP contribution in [0.25, 0.3) is 0 Å². The Kier molecular flexibility index (Phi) is 6.51. The third kappa shape index (κ3) is 4.50. The van der Waals surface area contributed by atoms with E-state index in [0.717, 1.165) is 37.3 Å². The minimum absolute atomic E-state index is 0. The lowest BCUT2D eigenvalue weighted by Gasteiger charge is -2.44. The standard InChI is InChI=1S/C22H26FN3.ClH/c23-20-8-6-17(7-9-20)16-25-21-22(26-15-14-24-21)12-10-19(11-13-22)18-4-2-1-3-5-18;/h1-9,19,26H,10-16H2,(H,24,25);1H. The molecule has 1 fully saturated rings. The molecule has 27 heavy (non-hydrogen) atoms. The number of halogens is 2. The fourth-order valence-corrected chi connectivity index (χ4v) is 4.29. The maximum Gasteiger partial charge on any atom is 0.123 e. The molecule has 0 atom stereocenters. The van der Waals surface area contributed by atoms with E-state index in [1.165, 1.54) is 30.5 Å². The van der Waals surface area contributed by atoms with Crippen LogP contribution in [0.1, 0.15) is 42.7 Å². The van der Waals surface area contributed by atoms with Gasteiger partial charge in [0.2, 0.25) is 0 Å². The largest absolute Gasteiger partial charge is 0.368 e. The van der Waals surface area contributed by atoms with Crippen molar-refractivity contribution in [1.82, 2.24) is 10.6 Å². The van der Waals surface area contributed by atoms with Crippen molar-refractivity contribution in [2.75, 3.05) is 13.1 Å². The molecule has 2 aromatic rings. The molecule has 2 aromatic carbocycles. The summed E-state index contributed by atoms with van der Waals surface area (Å²) in [4.78, 5) is 4.81. The fourth-order valence-electron chi connectivity index (χ4n) is 4.29. The Hall–Kier alpha value is -1.91. The second-order valence-electron chi connectivity index (χ2n) is 7.40. The molecule has 1 heterocycles. The van der Waals surface area contributed by atoms with Gasteiger partial charge in [-0.05, 0) is 54.9 Å². The minimum atomic E-state index is -0.193. The lowest BCUT2D eigenvalue weighted by Crippen LogP contribution is -2.61. The van der Waals surface area contributed by atoms with Gasteiger partial charge < -0.3 is 10.6 Å². The molecule has 1 saturated carbocycles. The molecule has 0 unspecified atom stereocenters. The summed E-state index contributed by atoms with van der Waals surface area (Å²) in [5.74, 6) is 1.53. The molecule has 0 saturated heterocycles. The molecule has 3 nitrogen and oxygen atoms in total. The third-order valence-corrected chi connectivity index (χ3v) is 5.78. The second-order valence-corrected chi connectivity index (χ2v) is 7.40. The molecule has 0 amide bonds. The molecule has 1 aliphatic heterocycles. The van der Waals surface area contributed by atoms with Gasteiger partial charge in [-0.25, -0.2) is 4.39 Å². The van der Waals surface area contributed by atoms with E-state index in [2.05, 4.69) is 41.0 Å². The van der Waals surface area contributed by atoms with E-state index in [0.29, 0.717) is 12.5 Å². The Morgan fingerprint density at radius 1 is 1.04 bits per heavy atom. The smallest absolute Gasteiger partial charge is 0.123 e. The molecular weight excluding hydrogens is 361 g/mol. The molecular formula is C22H27ClFN3. The number of amidine groups is 1. The molecule has 144 valence electrons. The van der Waals surface area contributed by atoms with Gasteiger partial charge in [-0.3, -0.25) is 4.99 Å². The zero-order valence-corrected chi connectivity index (χ0v) is 16.3. The average Bonchev–Trinajstić information content (AvgIpc) is 2.70. The van der Waals surface area contributed by atoms with Crippen molar-refractivity contribution in [3.8, 4) is 0 Å². The maximum atomic E-state index is 13.1. The van der Waals surface area contributed by atoms with Crippen LogP contribution in [0.3, 0.4) is 0 Å². The molecule has 0 bridgehead atoms. The molecule has 2 N–H and O–H groups in total. The summed E-state index contributed by atoms with van der Waals surface area (Å²) in [6, 6.07) is 17.5. The van der Waals surface area contributed by atoms with Crippen LogP contribution in [0.2, 0.25) is 0 Å². The summed E-state index contributed by atoms with van der Waals surface area (Å²) < 4.78 is 13.1. The van der Waals surface area contributed by atoms with Crippen molar-refractivity contribution >= 4 is 18.2 Å². The topological polar surface area (TPSA) is 36.4 Å². The number of nitrogens with zero attached hydrogens (tertiary/aromatic N) is 1. The van der Waals surface area contributed by atoms with Crippen LogP contribution in [0, 0.1) is 5.82 Å². The fraction of sp³-hybridized carbons (Fsp3) is 0.409. The molecule has 0 aromatic heterocycles. The Labute approximate surface area is 166 Å². The summed E-state index contributed by atoms with van der Waals surface area (Å²) >= 11 is 0. The van der Waals surface area contributed by atoms with E-state index in [1.54, 1.807) is 0 Å². The van der Waals surface area contributed by atoms with E-state index in [9.17, 15) is 4.39 Å². The van der Waals surface area contributed by atoms with Gasteiger partial charge >= 0.3 is 0 Å². The number of aliphatic imine (C=N–C) groups is 1. The van der Waals surface area contributed by atoms with Gasteiger partial charge in [-0.2, -0.15) is 0 Å². The van der Waals surface area contributed by atoms with Crippen LogP contribution in [0.4, 0.5) is 4.39 Å². The summed E-state index contributed by atoms with van der Waals surface area (Å²) in [6.07, 6.45) is 4.55. The van der Waals surface area contributed by atoms with Gasteiger partial charge in [0, 0.05) is 13.1 Å². The SMILES string of the molecule is Cl.Fc1ccc(CNC2=NCCNC23CCC(c2ccccc2)CC3)cc1. The highest BCUT2D eigenvalue weighted by Gasteiger charge is 2.41. The van der Waals surface area contributed by atoms with Gasteiger partial charge in [0.1, 0.15) is 11.7 Å². The number of hydrogen-bond acceptors (Lipinski definition) is 3. The monoisotopic (exact) mass is 387 g/mol. The van der Waals surface area contributed by atoms with Gasteiger partial charge in [-0.1, -0.05) is 42.5 Å². The first kappa shape index (κ1) is 19.8. The highest BCUT2D eigenvalue weighted by Crippen LogP contribution is 2.39. The predicted molar refractivity (Wildman–Crippen MR) is 111 cm³/mol. The average molecular weight is 388 g/mol. The number of rotatable bonds is 3.